The van der Waals surface area contributed by atoms with Crippen molar-refractivity contribution >= 4 is 11.9 Å². The van der Waals surface area contributed by atoms with Gasteiger partial charge in [0.05, 0.1) is 39.6 Å². The van der Waals surface area contributed by atoms with Crippen LogP contribution in [-0.2, 0) is 80.6 Å². The van der Waals surface area contributed by atoms with Crippen LogP contribution in [0.25, 0.3) is 0 Å². The van der Waals surface area contributed by atoms with E-state index < -0.39 is 297 Å². The predicted molar refractivity (Wildman–Crippen MR) is 266 cm³/mol. The topological polar surface area (TPSA) is 699 Å². The Morgan fingerprint density at radius 3 is 0.857 bits per heavy atom. The second-order valence-electron chi connectivity index (χ2n) is 22.4. The molecule has 0 aromatic rings. The normalized spacial score (nSPS) is 52.6. The Kier molecular flexibility index (Phi) is 25.5. The lowest BCUT2D eigenvalue weighted by Crippen LogP contribution is -2.69. The molecule has 0 unspecified atom stereocenters. The van der Waals surface area contributed by atoms with E-state index >= 15 is 0 Å². The van der Waals surface area contributed by atoms with E-state index in [1.165, 1.54) is 0 Å². The molecule has 0 saturated carbocycles. The lowest BCUT2D eigenvalue weighted by Gasteiger charge is -2.51. The summed E-state index contributed by atoms with van der Waals surface area (Å²) < 4.78 is 84.3. The van der Waals surface area contributed by atoms with E-state index in [4.69, 9.17) is 71.1 Å². The monoisotopic (exact) mass is 1340 g/mol. The Bertz CT molecular complexity index is 2300. The molecule has 8 heterocycles. The molecule has 8 fully saturated rings. The highest BCUT2D eigenvalue weighted by molar-refractivity contribution is 5.73. The van der Waals surface area contributed by atoms with Gasteiger partial charge in [-0.3, -0.25) is 0 Å². The first kappa shape index (κ1) is 74.2. The van der Waals surface area contributed by atoms with Gasteiger partial charge in [0.1, 0.15) is 183 Å². The predicted octanol–water partition coefficient (Wildman–Crippen LogP) is -18.3. The van der Waals surface area contributed by atoms with E-state index in [0.29, 0.717) is 0 Å². The Hall–Kier alpha value is -2.62. The Morgan fingerprint density at radius 1 is 0.231 bits per heavy atom. The number of ether oxygens (including phenoxy) is 15. The summed E-state index contributed by atoms with van der Waals surface area (Å²) in [4.78, 5) is 24.1. The van der Waals surface area contributed by atoms with Crippen LogP contribution in [0.3, 0.4) is 0 Å². The fraction of sp³-hybridized carbons (Fsp3) is 0.958. The molecular formula is C48H78O43. The van der Waals surface area contributed by atoms with Gasteiger partial charge in [-0.2, -0.15) is 0 Å². The highest BCUT2D eigenvalue weighted by Gasteiger charge is 2.61. The minimum Gasteiger partial charge on any atom is -0.479 e. The number of aliphatic hydroxyl groups excluding tert-OH is 24. The van der Waals surface area contributed by atoms with Crippen molar-refractivity contribution in [3.63, 3.8) is 0 Å². The van der Waals surface area contributed by atoms with Crippen LogP contribution in [0.2, 0.25) is 0 Å². The lowest BCUT2D eigenvalue weighted by molar-refractivity contribution is -0.408. The van der Waals surface area contributed by atoms with Gasteiger partial charge < -0.3 is 204 Å². The third-order valence-electron chi connectivity index (χ3n) is 16.6. The molecule has 0 aliphatic carbocycles. The molecule has 0 aromatic heterocycles. The lowest BCUT2D eigenvalue weighted by atomic mass is 9.94. The summed E-state index contributed by atoms with van der Waals surface area (Å²) in [5, 5.41) is 279. The largest absolute Gasteiger partial charge is 0.479 e. The maximum atomic E-state index is 12.0. The molecule has 43 heteroatoms. The number of carboxylic acid groups (broad SMARTS) is 2. The van der Waals surface area contributed by atoms with Crippen LogP contribution < -0.4 is 0 Å². The number of aliphatic hydroxyl groups is 24. The second-order valence-corrected chi connectivity index (χ2v) is 22.4. The molecule has 0 amide bonds. The quantitative estimate of drug-likeness (QED) is 0.0479. The van der Waals surface area contributed by atoms with Crippen LogP contribution in [0.15, 0.2) is 0 Å². The van der Waals surface area contributed by atoms with Gasteiger partial charge in [-0.1, -0.05) is 0 Å². The van der Waals surface area contributed by atoms with Gasteiger partial charge >= 0.3 is 11.9 Å². The first-order valence-corrected chi connectivity index (χ1v) is 28.2. The summed E-state index contributed by atoms with van der Waals surface area (Å²) in [6, 6.07) is 0. The van der Waals surface area contributed by atoms with Crippen LogP contribution in [0.4, 0.5) is 0 Å². The fourth-order valence-corrected chi connectivity index (χ4v) is 11.4. The SMILES string of the molecule is O=C(O)[C@H]1O[C@H](O[C@@H]2[C@H](O)[C@H](O[C@H]3[C@H](O)[C@@H](O)[C@@H](O[C@@H]4[C@@H](O)[C@H](O[C@H]5[C@H](O[C@H]6O[C@H](C(=O)O)[C@@H](O)[C@H](O)[C@H]6O)[C@H](O)[C@H](O[C@H]6[C@H](O)[C@@H](O)[C@@H](O)O[C@@H]6CO)O[C@@H]5CO)O[C@H](CO)[C@H]4O)O[C@@H]3CO)O[C@H](CO)[C@H]2O[C@@H]2O[C@H](CO)[C@@H](O)[C@H](O)[C@H]2O)[C@H](O)[C@@H](O)[C@@H]1O. The van der Waals surface area contributed by atoms with Gasteiger partial charge in [0.25, 0.3) is 0 Å². The molecule has 0 spiro atoms. The van der Waals surface area contributed by atoms with Crippen molar-refractivity contribution in [1.29, 1.82) is 0 Å². The standard InChI is InChI=1S/C48H78O43/c49-1-7-13(55)15(57)23(65)42(78-7)85-32-11(5-53)81-48(28(70)35(32)88-44-24(66)16(58)18(60)37(90-44)39(72)73)84-31-10(4-52)80-43(26(68)21(31)63)87-34-14(56)8(2-50)79-46(27(34)69)86-33-12(6-54)82-47(83-30-9(3-51)77-41(76)22(64)20(30)62)29(71)36(33)89-45-25(67)17(59)19(61)38(91-45)40(74)75/h7-38,41-71,76H,1-6H2,(H,72,73)(H,74,75)/t7-,8-,9-,10-,11-,12-,13-,14-,15+,16+,17+,18+,19+,20-,21-,22-,23-,24-,25-,26-,27-,28+,29+,30-,31-,32-,33-,34+,35-,36-,37+,38+,41+,42+,43-,44+,45+,46+,47+,48+/m1/s1. The van der Waals surface area contributed by atoms with Gasteiger partial charge in [-0.05, 0) is 0 Å². The summed E-state index contributed by atoms with van der Waals surface area (Å²) >= 11 is 0. The van der Waals surface area contributed by atoms with Crippen molar-refractivity contribution < 1.29 is 213 Å². The van der Waals surface area contributed by atoms with E-state index in [9.17, 15) is 142 Å². The number of carbonyl (C=O) groups is 2. The molecule has 40 atom stereocenters. The maximum Gasteiger partial charge on any atom is 0.335 e. The molecule has 91 heavy (non-hydrogen) atoms. The van der Waals surface area contributed by atoms with E-state index in [1.54, 1.807) is 0 Å². The minimum absolute atomic E-state index is 0.994. The first-order chi connectivity index (χ1) is 43.0. The van der Waals surface area contributed by atoms with E-state index in [1.807, 2.05) is 0 Å². The summed E-state index contributed by atoms with van der Waals surface area (Å²) in [5.41, 5.74) is 0. The van der Waals surface area contributed by atoms with Gasteiger partial charge in [0.2, 0.25) is 0 Å². The van der Waals surface area contributed by atoms with E-state index in [2.05, 4.69) is 0 Å². The number of rotatable bonds is 22. The second kappa shape index (κ2) is 31.3. The smallest absolute Gasteiger partial charge is 0.335 e. The summed E-state index contributed by atoms with van der Waals surface area (Å²) in [7, 11) is 0. The number of carboxylic acids is 2. The molecule has 528 valence electrons. The average molecular weight is 1340 g/mol. The van der Waals surface area contributed by atoms with Crippen LogP contribution in [-0.4, -0.2) is 430 Å². The van der Waals surface area contributed by atoms with Crippen molar-refractivity contribution in [3.05, 3.63) is 0 Å². The fourth-order valence-electron chi connectivity index (χ4n) is 11.4. The number of hydrogen-bond acceptors (Lipinski definition) is 41. The Labute approximate surface area is 510 Å². The van der Waals surface area contributed by atoms with Gasteiger partial charge in [-0.15, -0.1) is 0 Å². The molecule has 0 aromatic carbocycles. The van der Waals surface area contributed by atoms with E-state index in [-0.39, 0.29) is 0 Å². The van der Waals surface area contributed by atoms with Crippen LogP contribution >= 0.6 is 0 Å². The zero-order valence-corrected chi connectivity index (χ0v) is 46.9. The van der Waals surface area contributed by atoms with Gasteiger partial charge in [0.15, 0.2) is 62.5 Å². The molecule has 43 nitrogen and oxygen atoms in total. The molecule has 0 bridgehead atoms. The first-order valence-electron chi connectivity index (χ1n) is 28.2. The summed E-state index contributed by atoms with van der Waals surface area (Å²) in [6.45, 7) is -6.91. The third kappa shape index (κ3) is 15.1. The minimum atomic E-state index is -2.47. The third-order valence-corrected chi connectivity index (χ3v) is 16.6. The molecule has 8 saturated heterocycles. The van der Waals surface area contributed by atoms with Crippen molar-refractivity contribution in [2.45, 2.75) is 246 Å². The zero-order valence-electron chi connectivity index (χ0n) is 46.9. The Morgan fingerprint density at radius 2 is 0.484 bits per heavy atom. The van der Waals surface area contributed by atoms with Crippen molar-refractivity contribution in [2.75, 3.05) is 39.6 Å². The summed E-state index contributed by atoms with van der Waals surface area (Å²) in [5.74, 6) is -3.82. The molecule has 26 N–H and O–H groups in total. The van der Waals surface area contributed by atoms with Crippen molar-refractivity contribution in [2.24, 2.45) is 0 Å². The molecule has 8 aliphatic heterocycles. The molecule has 8 rings (SSSR count). The molecular weight excluding hydrogens is 1260 g/mol. The van der Waals surface area contributed by atoms with Crippen molar-refractivity contribution in [1.82, 2.24) is 0 Å². The highest BCUT2D eigenvalue weighted by atomic mass is 16.8. The zero-order chi connectivity index (χ0) is 67.1. The van der Waals surface area contributed by atoms with Crippen LogP contribution in [0, 0.1) is 0 Å². The van der Waals surface area contributed by atoms with Crippen LogP contribution in [0.1, 0.15) is 0 Å². The number of hydrogen-bond donors (Lipinski definition) is 26. The van der Waals surface area contributed by atoms with Gasteiger partial charge in [0, 0.05) is 0 Å². The summed E-state index contributed by atoms with van der Waals surface area (Å²) in [6.07, 6.45) is -88.2. The molecule has 8 aliphatic rings. The Balaban J connectivity index is 1.03. The average Bonchev–Trinajstić information content (AvgIpc) is 0.892. The maximum absolute atomic E-state index is 12.0. The highest BCUT2D eigenvalue weighted by Crippen LogP contribution is 2.40. The van der Waals surface area contributed by atoms with Crippen LogP contribution in [0.5, 0.6) is 0 Å². The van der Waals surface area contributed by atoms with Gasteiger partial charge in [-0.25, -0.2) is 9.59 Å². The molecule has 0 radical (unpaired) electrons. The van der Waals surface area contributed by atoms with E-state index in [0.717, 1.165) is 0 Å². The van der Waals surface area contributed by atoms with Crippen molar-refractivity contribution in [3.8, 4) is 0 Å². The number of aliphatic carboxylic acids is 2.